The number of fused-ring (bicyclic) bond motifs is 1. The highest BCUT2D eigenvalue weighted by molar-refractivity contribution is 5.76. The van der Waals surface area contributed by atoms with Gasteiger partial charge in [-0.15, -0.1) is 5.10 Å². The second kappa shape index (κ2) is 7.58. The predicted molar refractivity (Wildman–Crippen MR) is 77.1 cm³/mol. The fourth-order valence-corrected chi connectivity index (χ4v) is 1.68. The topological polar surface area (TPSA) is 108 Å². The molecule has 1 aromatic carbocycles. The number of hydrogen-bond donors (Lipinski definition) is 3. The molecule has 0 aliphatic heterocycles. The monoisotopic (exact) mass is 295 g/mol. The smallest absolute Gasteiger partial charge is 0.335 e. The van der Waals surface area contributed by atoms with E-state index in [1.54, 1.807) is 12.1 Å². The van der Waals surface area contributed by atoms with Crippen LogP contribution < -0.4 is 0 Å². The summed E-state index contributed by atoms with van der Waals surface area (Å²) in [5, 5.41) is 33.8. The number of rotatable bonds is 5. The molecule has 116 valence electrons. The zero-order chi connectivity index (χ0) is 15.9. The second-order valence-electron chi connectivity index (χ2n) is 5.00. The number of aliphatic carboxylic acids is 1. The van der Waals surface area contributed by atoms with E-state index in [2.05, 4.69) is 10.3 Å². The molecular weight excluding hydrogens is 274 g/mol. The number of aromatic nitrogens is 3. The summed E-state index contributed by atoms with van der Waals surface area (Å²) in [7, 11) is 0. The first-order chi connectivity index (χ1) is 9.88. The number of benzene rings is 1. The number of aliphatic hydroxyl groups is 1. The molecule has 3 N–H and O–H groups in total. The summed E-state index contributed by atoms with van der Waals surface area (Å²) in [6.45, 7) is 3.38. The van der Waals surface area contributed by atoms with Crippen molar-refractivity contribution >= 4 is 17.0 Å². The van der Waals surface area contributed by atoms with Crippen LogP contribution in [0.1, 0.15) is 39.5 Å². The summed E-state index contributed by atoms with van der Waals surface area (Å²) in [5.41, 5.74) is -0.206. The largest absolute Gasteiger partial charge is 0.479 e. The molecule has 2 rings (SSSR count). The summed E-state index contributed by atoms with van der Waals surface area (Å²) < 4.78 is 0. The summed E-state index contributed by atoms with van der Waals surface area (Å²) in [6.07, 6.45) is 3.13. The van der Waals surface area contributed by atoms with Crippen molar-refractivity contribution in [3.8, 4) is 0 Å². The standard InChI is InChI=1S/C8H16O3.C6H5N3O/c1-3-4-5-6-8(2,11)7(9)10;10-9-6-4-2-1-3-5(6)7-8-9/h11H,3-6H2,1-2H3,(H,9,10);1-4,10H. The van der Waals surface area contributed by atoms with Gasteiger partial charge in [0.05, 0.1) is 0 Å². The van der Waals surface area contributed by atoms with Gasteiger partial charge in [0.1, 0.15) is 11.0 Å². The minimum Gasteiger partial charge on any atom is -0.479 e. The van der Waals surface area contributed by atoms with E-state index in [-0.39, 0.29) is 0 Å². The molecule has 0 amide bonds. The first kappa shape index (κ1) is 16.9. The number of carboxylic acid groups (broad SMARTS) is 1. The van der Waals surface area contributed by atoms with Gasteiger partial charge in [-0.25, -0.2) is 4.79 Å². The Bertz CT molecular complexity index is 580. The van der Waals surface area contributed by atoms with E-state index >= 15 is 0 Å². The van der Waals surface area contributed by atoms with Gasteiger partial charge in [0.15, 0.2) is 5.60 Å². The molecule has 0 saturated heterocycles. The maximum absolute atomic E-state index is 10.4. The first-order valence-electron chi connectivity index (χ1n) is 6.84. The molecule has 2 aromatic rings. The van der Waals surface area contributed by atoms with E-state index in [1.807, 2.05) is 19.1 Å². The van der Waals surface area contributed by atoms with Crippen LogP contribution in [0.25, 0.3) is 11.0 Å². The van der Waals surface area contributed by atoms with E-state index in [1.165, 1.54) is 6.92 Å². The lowest BCUT2D eigenvalue weighted by Crippen LogP contribution is -2.34. The van der Waals surface area contributed by atoms with Gasteiger partial charge < -0.3 is 15.4 Å². The Morgan fingerprint density at radius 2 is 2.00 bits per heavy atom. The van der Waals surface area contributed by atoms with E-state index < -0.39 is 11.6 Å². The lowest BCUT2D eigenvalue weighted by molar-refractivity contribution is -0.157. The molecule has 1 atom stereocenters. The Morgan fingerprint density at radius 3 is 2.57 bits per heavy atom. The van der Waals surface area contributed by atoms with E-state index in [4.69, 9.17) is 10.3 Å². The summed E-state index contributed by atoms with van der Waals surface area (Å²) in [4.78, 5) is 11.1. The second-order valence-corrected chi connectivity index (χ2v) is 5.00. The molecule has 1 aromatic heterocycles. The Kier molecular flexibility index (Phi) is 6.10. The Hall–Kier alpha value is -2.15. The molecule has 0 spiro atoms. The predicted octanol–water partition coefficient (Wildman–Crippen LogP) is 2.07. The summed E-state index contributed by atoms with van der Waals surface area (Å²) in [5.74, 6) is -1.13. The average Bonchev–Trinajstić information content (AvgIpc) is 2.82. The van der Waals surface area contributed by atoms with Crippen LogP contribution in [0.4, 0.5) is 0 Å². The van der Waals surface area contributed by atoms with Crippen LogP contribution in [0.5, 0.6) is 0 Å². The molecule has 0 aliphatic carbocycles. The molecule has 0 aliphatic rings. The van der Waals surface area contributed by atoms with Crippen molar-refractivity contribution in [3.63, 3.8) is 0 Å². The van der Waals surface area contributed by atoms with E-state index in [9.17, 15) is 9.90 Å². The van der Waals surface area contributed by atoms with Gasteiger partial charge in [-0.1, -0.05) is 36.7 Å². The average molecular weight is 295 g/mol. The third-order valence-electron chi connectivity index (χ3n) is 3.06. The number of hydrogen-bond acceptors (Lipinski definition) is 5. The number of nitrogens with zero attached hydrogens (tertiary/aromatic N) is 3. The van der Waals surface area contributed by atoms with Crippen LogP contribution in [0, 0.1) is 0 Å². The molecule has 1 unspecified atom stereocenters. The van der Waals surface area contributed by atoms with Crippen LogP contribution in [-0.2, 0) is 4.79 Å². The molecule has 1 heterocycles. The molecule has 0 saturated carbocycles. The fraction of sp³-hybridized carbons (Fsp3) is 0.500. The van der Waals surface area contributed by atoms with Crippen molar-refractivity contribution in [2.45, 2.75) is 45.1 Å². The van der Waals surface area contributed by atoms with Crippen LogP contribution in [0.2, 0.25) is 0 Å². The minimum absolute atomic E-state index is 0.343. The van der Waals surface area contributed by atoms with E-state index in [0.717, 1.165) is 24.1 Å². The molecule has 7 heteroatoms. The molecular formula is C14H21N3O4. The number of carbonyl (C=O) groups is 1. The SMILES string of the molecule is CCCCCC(C)(O)C(=O)O.On1nnc2ccccc21. The van der Waals surface area contributed by atoms with Crippen molar-refractivity contribution in [3.05, 3.63) is 24.3 Å². The van der Waals surface area contributed by atoms with Crippen LogP contribution in [0.15, 0.2) is 24.3 Å². The fourth-order valence-electron chi connectivity index (χ4n) is 1.68. The molecule has 0 fully saturated rings. The van der Waals surface area contributed by atoms with Gasteiger partial charge in [-0.3, -0.25) is 0 Å². The molecule has 21 heavy (non-hydrogen) atoms. The lowest BCUT2D eigenvalue weighted by Gasteiger charge is -2.16. The number of unbranched alkanes of at least 4 members (excludes halogenated alkanes) is 2. The Balaban J connectivity index is 0.000000210. The van der Waals surface area contributed by atoms with Crippen molar-refractivity contribution in [2.24, 2.45) is 0 Å². The van der Waals surface area contributed by atoms with Crippen molar-refractivity contribution < 1.29 is 20.2 Å². The van der Waals surface area contributed by atoms with Crippen molar-refractivity contribution in [1.29, 1.82) is 0 Å². The highest BCUT2D eigenvalue weighted by atomic mass is 16.5. The summed E-state index contributed by atoms with van der Waals surface area (Å²) in [6, 6.07) is 7.19. The van der Waals surface area contributed by atoms with Crippen LogP contribution in [0.3, 0.4) is 0 Å². The minimum atomic E-state index is -1.53. The van der Waals surface area contributed by atoms with Gasteiger partial charge in [0.25, 0.3) is 0 Å². The highest BCUT2D eigenvalue weighted by Gasteiger charge is 2.28. The van der Waals surface area contributed by atoms with Crippen LogP contribution >= 0.6 is 0 Å². The first-order valence-corrected chi connectivity index (χ1v) is 6.84. The summed E-state index contributed by atoms with van der Waals surface area (Å²) >= 11 is 0. The maximum Gasteiger partial charge on any atom is 0.335 e. The van der Waals surface area contributed by atoms with Crippen molar-refractivity contribution in [2.75, 3.05) is 0 Å². The number of carboxylic acids is 1. The third-order valence-corrected chi connectivity index (χ3v) is 3.06. The normalized spacial score (nSPS) is 13.3. The zero-order valence-electron chi connectivity index (χ0n) is 12.2. The van der Waals surface area contributed by atoms with Crippen molar-refractivity contribution in [1.82, 2.24) is 15.2 Å². The van der Waals surface area contributed by atoms with Gasteiger partial charge in [0, 0.05) is 0 Å². The zero-order valence-corrected chi connectivity index (χ0v) is 12.2. The Labute approximate surface area is 122 Å². The highest BCUT2D eigenvalue weighted by Crippen LogP contribution is 2.14. The quantitative estimate of drug-likeness (QED) is 0.575. The number of para-hydroxylation sites is 1. The van der Waals surface area contributed by atoms with Gasteiger partial charge in [-0.2, -0.15) is 0 Å². The van der Waals surface area contributed by atoms with Crippen LogP contribution in [-0.4, -0.2) is 42.1 Å². The van der Waals surface area contributed by atoms with Gasteiger partial charge >= 0.3 is 5.97 Å². The molecule has 0 radical (unpaired) electrons. The van der Waals surface area contributed by atoms with E-state index in [0.29, 0.717) is 17.5 Å². The lowest BCUT2D eigenvalue weighted by atomic mass is 9.99. The molecule has 0 bridgehead atoms. The molecule has 7 nitrogen and oxygen atoms in total. The van der Waals surface area contributed by atoms with Gasteiger partial charge in [0.2, 0.25) is 0 Å². The third kappa shape index (κ3) is 5.03. The Morgan fingerprint density at radius 1 is 1.33 bits per heavy atom. The maximum atomic E-state index is 10.4. The van der Waals surface area contributed by atoms with Gasteiger partial charge in [-0.05, 0) is 37.1 Å².